The number of hydrogen-bond donors (Lipinski definition) is 2. The normalized spacial score (nSPS) is 15.3. The van der Waals surface area contributed by atoms with Gasteiger partial charge in [0.1, 0.15) is 0 Å². The van der Waals surface area contributed by atoms with Crippen LogP contribution < -0.4 is 5.32 Å². The third-order valence-electron chi connectivity index (χ3n) is 2.49. The molecule has 2 atom stereocenters. The number of nitrogens with zero attached hydrogens (tertiary/aromatic N) is 1. The topological polar surface area (TPSA) is 52.6 Å². The zero-order valence-electron chi connectivity index (χ0n) is 9.58. The van der Waals surface area contributed by atoms with Crippen LogP contribution in [0.15, 0.2) is 0 Å². The van der Waals surface area contributed by atoms with Gasteiger partial charge in [-0.3, -0.25) is 9.69 Å². The van der Waals surface area contributed by atoms with Gasteiger partial charge in [0.25, 0.3) is 0 Å². The maximum absolute atomic E-state index is 11.6. The Hall–Kier alpha value is -0.610. The molecule has 0 heterocycles. The summed E-state index contributed by atoms with van der Waals surface area (Å²) in [5.74, 6) is 0.0234. The van der Waals surface area contributed by atoms with Crippen LogP contribution in [0.3, 0.4) is 0 Å². The second kappa shape index (κ2) is 6.79. The predicted molar refractivity (Wildman–Crippen MR) is 57.1 cm³/mol. The fraction of sp³-hybridized carbons (Fsp3) is 0.900. The Kier molecular flexibility index (Phi) is 6.49. The van der Waals surface area contributed by atoms with Gasteiger partial charge in [0, 0.05) is 12.6 Å². The van der Waals surface area contributed by atoms with Crippen molar-refractivity contribution in [1.29, 1.82) is 0 Å². The van der Waals surface area contributed by atoms with Gasteiger partial charge in [-0.15, -0.1) is 0 Å². The first-order valence-electron chi connectivity index (χ1n) is 5.14. The minimum Gasteiger partial charge on any atom is -0.395 e. The molecule has 0 aromatic carbocycles. The highest BCUT2D eigenvalue weighted by Gasteiger charge is 2.18. The molecule has 0 radical (unpaired) electrons. The SMILES string of the molecule is CCC(C)NC(=O)C(C)N(C)CCO. The average Bonchev–Trinajstić information content (AvgIpc) is 2.16. The van der Waals surface area contributed by atoms with Crippen molar-refractivity contribution in [3.05, 3.63) is 0 Å². The summed E-state index contributed by atoms with van der Waals surface area (Å²) >= 11 is 0. The molecule has 2 N–H and O–H groups in total. The van der Waals surface area contributed by atoms with Gasteiger partial charge in [0.15, 0.2) is 0 Å². The number of likely N-dealkylation sites (N-methyl/N-ethyl adjacent to an activating group) is 1. The highest BCUT2D eigenvalue weighted by molar-refractivity contribution is 5.81. The average molecular weight is 202 g/mol. The van der Waals surface area contributed by atoms with Gasteiger partial charge in [-0.25, -0.2) is 0 Å². The summed E-state index contributed by atoms with van der Waals surface area (Å²) in [5.41, 5.74) is 0. The van der Waals surface area contributed by atoms with E-state index in [2.05, 4.69) is 5.32 Å². The summed E-state index contributed by atoms with van der Waals surface area (Å²) < 4.78 is 0. The molecule has 0 saturated heterocycles. The van der Waals surface area contributed by atoms with E-state index in [4.69, 9.17) is 5.11 Å². The van der Waals surface area contributed by atoms with Crippen molar-refractivity contribution in [1.82, 2.24) is 10.2 Å². The summed E-state index contributed by atoms with van der Waals surface area (Å²) in [6.45, 7) is 6.46. The molecule has 0 spiro atoms. The van der Waals surface area contributed by atoms with E-state index in [0.29, 0.717) is 6.54 Å². The van der Waals surface area contributed by atoms with E-state index >= 15 is 0 Å². The van der Waals surface area contributed by atoms with Crippen molar-refractivity contribution in [3.63, 3.8) is 0 Å². The lowest BCUT2D eigenvalue weighted by atomic mass is 10.2. The zero-order valence-corrected chi connectivity index (χ0v) is 9.58. The Morgan fingerprint density at radius 1 is 1.50 bits per heavy atom. The maximum Gasteiger partial charge on any atom is 0.237 e. The summed E-state index contributed by atoms with van der Waals surface area (Å²) in [7, 11) is 1.83. The number of aliphatic hydroxyl groups is 1. The minimum absolute atomic E-state index is 0.0234. The summed E-state index contributed by atoms with van der Waals surface area (Å²) in [6, 6.07) is 0.0311. The first-order valence-corrected chi connectivity index (χ1v) is 5.14. The van der Waals surface area contributed by atoms with Crippen LogP contribution >= 0.6 is 0 Å². The van der Waals surface area contributed by atoms with Gasteiger partial charge in [-0.05, 0) is 27.3 Å². The van der Waals surface area contributed by atoms with Gasteiger partial charge in [-0.2, -0.15) is 0 Å². The Morgan fingerprint density at radius 3 is 2.50 bits per heavy atom. The molecule has 0 aliphatic heterocycles. The van der Waals surface area contributed by atoms with E-state index in [1.54, 1.807) is 0 Å². The number of nitrogens with one attached hydrogen (secondary N) is 1. The molecule has 4 nitrogen and oxygen atoms in total. The van der Waals surface area contributed by atoms with E-state index < -0.39 is 0 Å². The zero-order chi connectivity index (χ0) is 11.1. The van der Waals surface area contributed by atoms with Crippen LogP contribution in [0, 0.1) is 0 Å². The van der Waals surface area contributed by atoms with Crippen molar-refractivity contribution in [3.8, 4) is 0 Å². The van der Waals surface area contributed by atoms with Crippen LogP contribution in [0.25, 0.3) is 0 Å². The molecule has 0 aromatic rings. The van der Waals surface area contributed by atoms with Gasteiger partial charge in [0.2, 0.25) is 5.91 Å². The first-order chi connectivity index (χ1) is 6.52. The van der Waals surface area contributed by atoms with Gasteiger partial charge in [-0.1, -0.05) is 6.92 Å². The molecule has 0 aliphatic rings. The summed E-state index contributed by atoms with van der Waals surface area (Å²) in [4.78, 5) is 13.4. The third kappa shape index (κ3) is 4.58. The molecule has 84 valence electrons. The molecule has 0 bridgehead atoms. The van der Waals surface area contributed by atoms with Crippen LogP contribution in [0.2, 0.25) is 0 Å². The second-order valence-corrected chi connectivity index (χ2v) is 3.70. The van der Waals surface area contributed by atoms with Crippen LogP contribution in [0.5, 0.6) is 0 Å². The Bertz CT molecular complexity index is 174. The smallest absolute Gasteiger partial charge is 0.237 e. The first kappa shape index (κ1) is 13.4. The fourth-order valence-corrected chi connectivity index (χ4v) is 1.02. The predicted octanol–water partition coefficient (Wildman–Crippen LogP) is 0.214. The molecule has 0 aliphatic carbocycles. The molecule has 4 heteroatoms. The van der Waals surface area contributed by atoms with Crippen LogP contribution in [-0.4, -0.2) is 48.2 Å². The lowest BCUT2D eigenvalue weighted by Gasteiger charge is -2.24. The quantitative estimate of drug-likeness (QED) is 0.647. The van der Waals surface area contributed by atoms with Crippen LogP contribution in [0.1, 0.15) is 27.2 Å². The third-order valence-corrected chi connectivity index (χ3v) is 2.49. The van der Waals surface area contributed by atoms with Gasteiger partial charge in [0.05, 0.1) is 12.6 Å². The largest absolute Gasteiger partial charge is 0.395 e. The van der Waals surface area contributed by atoms with E-state index in [0.717, 1.165) is 6.42 Å². The number of carbonyl (C=O) groups is 1. The second-order valence-electron chi connectivity index (χ2n) is 3.70. The van der Waals surface area contributed by atoms with Gasteiger partial charge >= 0.3 is 0 Å². The lowest BCUT2D eigenvalue weighted by Crippen LogP contribution is -2.46. The molecule has 1 amide bonds. The molecule has 14 heavy (non-hydrogen) atoms. The van der Waals surface area contributed by atoms with Crippen molar-refractivity contribution in [2.24, 2.45) is 0 Å². The van der Waals surface area contributed by atoms with Crippen molar-refractivity contribution in [2.75, 3.05) is 20.2 Å². The molecule has 0 fully saturated rings. The minimum atomic E-state index is -0.184. The highest BCUT2D eigenvalue weighted by Crippen LogP contribution is 1.97. The maximum atomic E-state index is 11.6. The van der Waals surface area contributed by atoms with E-state index in [9.17, 15) is 4.79 Å². The number of hydrogen-bond acceptors (Lipinski definition) is 3. The van der Waals surface area contributed by atoms with Gasteiger partial charge < -0.3 is 10.4 Å². The van der Waals surface area contributed by atoms with Crippen molar-refractivity contribution < 1.29 is 9.90 Å². The van der Waals surface area contributed by atoms with E-state index in [1.165, 1.54) is 0 Å². The number of rotatable bonds is 6. The molecule has 0 rings (SSSR count). The Morgan fingerprint density at radius 2 is 2.07 bits per heavy atom. The summed E-state index contributed by atoms with van der Waals surface area (Å²) in [6.07, 6.45) is 0.933. The Labute approximate surface area is 86.3 Å². The summed E-state index contributed by atoms with van der Waals surface area (Å²) in [5, 5.41) is 11.6. The lowest BCUT2D eigenvalue weighted by molar-refractivity contribution is -0.126. The van der Waals surface area contributed by atoms with Crippen molar-refractivity contribution in [2.45, 2.75) is 39.3 Å². The Balaban J connectivity index is 3.98. The monoisotopic (exact) mass is 202 g/mol. The molecular formula is C10H22N2O2. The van der Waals surface area contributed by atoms with E-state index in [1.807, 2.05) is 32.7 Å². The molecule has 0 saturated carbocycles. The number of aliphatic hydroxyl groups excluding tert-OH is 1. The number of carbonyl (C=O) groups excluding carboxylic acids is 1. The molecule has 2 unspecified atom stereocenters. The highest BCUT2D eigenvalue weighted by atomic mass is 16.3. The number of amides is 1. The van der Waals surface area contributed by atoms with E-state index in [-0.39, 0.29) is 24.6 Å². The van der Waals surface area contributed by atoms with Crippen LogP contribution in [0.4, 0.5) is 0 Å². The molecule has 0 aromatic heterocycles. The van der Waals surface area contributed by atoms with Crippen molar-refractivity contribution >= 4 is 5.91 Å². The molecular weight excluding hydrogens is 180 g/mol. The van der Waals surface area contributed by atoms with Crippen LogP contribution in [-0.2, 0) is 4.79 Å². The standard InChI is InChI=1S/C10H22N2O2/c1-5-8(2)11-10(14)9(3)12(4)6-7-13/h8-9,13H,5-7H2,1-4H3,(H,11,14). The fourth-order valence-electron chi connectivity index (χ4n) is 1.02.